The molecule has 0 aliphatic rings. The second-order valence-electron chi connectivity index (χ2n) is 4.12. The SMILES string of the molecule is COc1cc(C(=O)NCC(C)(C)N)sc1Br. The van der Waals surface area contributed by atoms with E-state index in [4.69, 9.17) is 10.5 Å². The summed E-state index contributed by atoms with van der Waals surface area (Å²) in [6, 6.07) is 1.70. The van der Waals surface area contributed by atoms with E-state index in [9.17, 15) is 4.79 Å². The molecule has 3 N–H and O–H groups in total. The highest BCUT2D eigenvalue weighted by Gasteiger charge is 2.16. The van der Waals surface area contributed by atoms with E-state index in [1.165, 1.54) is 11.3 Å². The maximum absolute atomic E-state index is 11.7. The summed E-state index contributed by atoms with van der Waals surface area (Å²) >= 11 is 4.66. The third-order valence-corrected chi connectivity index (χ3v) is 3.58. The molecule has 1 aromatic rings. The van der Waals surface area contributed by atoms with Gasteiger partial charge in [0.15, 0.2) is 0 Å². The second kappa shape index (κ2) is 5.16. The third-order valence-electron chi connectivity index (χ3n) is 1.80. The summed E-state index contributed by atoms with van der Waals surface area (Å²) in [6.45, 7) is 4.15. The molecule has 90 valence electrons. The summed E-state index contributed by atoms with van der Waals surface area (Å²) in [6.07, 6.45) is 0. The Bertz CT molecular complexity index is 385. The fourth-order valence-electron chi connectivity index (χ4n) is 0.998. The molecule has 6 heteroatoms. The van der Waals surface area contributed by atoms with Crippen LogP contribution in [0.5, 0.6) is 5.75 Å². The lowest BCUT2D eigenvalue weighted by molar-refractivity contribution is 0.0950. The molecule has 0 spiro atoms. The van der Waals surface area contributed by atoms with Crippen molar-refractivity contribution in [2.45, 2.75) is 19.4 Å². The zero-order chi connectivity index (χ0) is 12.3. The molecule has 0 aromatic carbocycles. The van der Waals surface area contributed by atoms with E-state index in [0.717, 1.165) is 3.79 Å². The first kappa shape index (κ1) is 13.5. The predicted octanol–water partition coefficient (Wildman–Crippen LogP) is 1.99. The molecule has 0 atom stereocenters. The van der Waals surface area contributed by atoms with Crippen molar-refractivity contribution in [1.82, 2.24) is 5.32 Å². The molecule has 0 saturated heterocycles. The second-order valence-corrected chi connectivity index (χ2v) is 6.49. The highest BCUT2D eigenvalue weighted by molar-refractivity contribution is 9.11. The largest absolute Gasteiger partial charge is 0.495 e. The lowest BCUT2D eigenvalue weighted by Crippen LogP contribution is -2.44. The Morgan fingerprint density at radius 1 is 1.69 bits per heavy atom. The van der Waals surface area contributed by atoms with Gasteiger partial charge >= 0.3 is 0 Å². The van der Waals surface area contributed by atoms with E-state index in [2.05, 4.69) is 21.2 Å². The van der Waals surface area contributed by atoms with Crippen LogP contribution < -0.4 is 15.8 Å². The van der Waals surface area contributed by atoms with Gasteiger partial charge in [0.2, 0.25) is 0 Å². The van der Waals surface area contributed by atoms with Crippen molar-refractivity contribution < 1.29 is 9.53 Å². The van der Waals surface area contributed by atoms with Gasteiger partial charge in [-0.05, 0) is 29.8 Å². The molecule has 1 heterocycles. The molecule has 1 amide bonds. The summed E-state index contributed by atoms with van der Waals surface area (Å²) in [7, 11) is 1.57. The van der Waals surface area contributed by atoms with Crippen molar-refractivity contribution in [3.63, 3.8) is 0 Å². The molecule has 0 aliphatic heterocycles. The topological polar surface area (TPSA) is 64.3 Å². The molecule has 0 aliphatic carbocycles. The molecule has 0 bridgehead atoms. The van der Waals surface area contributed by atoms with E-state index >= 15 is 0 Å². The summed E-state index contributed by atoms with van der Waals surface area (Å²) in [4.78, 5) is 12.3. The molecule has 0 fully saturated rings. The zero-order valence-electron chi connectivity index (χ0n) is 9.46. The van der Waals surface area contributed by atoms with Gasteiger partial charge in [-0.15, -0.1) is 11.3 Å². The maximum atomic E-state index is 11.7. The average Bonchev–Trinajstić information content (AvgIpc) is 2.55. The van der Waals surface area contributed by atoms with Crippen LogP contribution in [0, 0.1) is 0 Å². The summed E-state index contributed by atoms with van der Waals surface area (Å²) in [5.41, 5.74) is 5.37. The number of halogens is 1. The number of carbonyl (C=O) groups excluding carboxylic acids is 1. The van der Waals surface area contributed by atoms with Crippen LogP contribution in [0.3, 0.4) is 0 Å². The van der Waals surface area contributed by atoms with E-state index in [1.807, 2.05) is 13.8 Å². The van der Waals surface area contributed by atoms with Gasteiger partial charge in [-0.3, -0.25) is 4.79 Å². The maximum Gasteiger partial charge on any atom is 0.261 e. The van der Waals surface area contributed by atoms with Crippen LogP contribution in [-0.2, 0) is 0 Å². The first-order valence-corrected chi connectivity index (χ1v) is 6.35. The minimum atomic E-state index is -0.408. The summed E-state index contributed by atoms with van der Waals surface area (Å²) < 4.78 is 5.89. The Morgan fingerprint density at radius 2 is 2.31 bits per heavy atom. The van der Waals surface area contributed by atoms with Crippen LogP contribution in [-0.4, -0.2) is 25.1 Å². The van der Waals surface area contributed by atoms with Crippen molar-refractivity contribution in [3.05, 3.63) is 14.7 Å². The van der Waals surface area contributed by atoms with Crippen molar-refractivity contribution in [2.75, 3.05) is 13.7 Å². The van der Waals surface area contributed by atoms with Crippen molar-refractivity contribution >= 4 is 33.2 Å². The van der Waals surface area contributed by atoms with Crippen LogP contribution in [0.15, 0.2) is 9.85 Å². The normalized spacial score (nSPS) is 11.3. The van der Waals surface area contributed by atoms with Crippen molar-refractivity contribution in [3.8, 4) is 5.75 Å². The molecular weight excluding hydrogens is 292 g/mol. The smallest absolute Gasteiger partial charge is 0.261 e. The van der Waals surface area contributed by atoms with Crippen LogP contribution in [0.1, 0.15) is 23.5 Å². The number of thiophene rings is 1. The number of nitrogens with one attached hydrogen (secondary N) is 1. The monoisotopic (exact) mass is 306 g/mol. The first-order chi connectivity index (χ1) is 7.33. The van der Waals surface area contributed by atoms with Gasteiger partial charge in [0.1, 0.15) is 9.54 Å². The number of hydrogen-bond donors (Lipinski definition) is 2. The van der Waals surface area contributed by atoms with Crippen molar-refractivity contribution in [2.24, 2.45) is 5.73 Å². The van der Waals surface area contributed by atoms with Gasteiger partial charge in [-0.25, -0.2) is 0 Å². The number of hydrogen-bond acceptors (Lipinski definition) is 4. The van der Waals surface area contributed by atoms with Gasteiger partial charge in [-0.2, -0.15) is 0 Å². The fourth-order valence-corrected chi connectivity index (χ4v) is 2.56. The van der Waals surface area contributed by atoms with Crippen LogP contribution >= 0.6 is 27.3 Å². The summed E-state index contributed by atoms with van der Waals surface area (Å²) in [5, 5.41) is 2.77. The number of methoxy groups -OCH3 is 1. The lowest BCUT2D eigenvalue weighted by atomic mass is 10.1. The molecule has 0 saturated carbocycles. The third kappa shape index (κ3) is 3.77. The van der Waals surface area contributed by atoms with Gasteiger partial charge in [0.25, 0.3) is 5.91 Å². The number of amides is 1. The minimum absolute atomic E-state index is 0.132. The van der Waals surface area contributed by atoms with Crippen molar-refractivity contribution in [1.29, 1.82) is 0 Å². The first-order valence-electron chi connectivity index (χ1n) is 4.74. The Hall–Kier alpha value is -0.590. The minimum Gasteiger partial charge on any atom is -0.495 e. The standard InChI is InChI=1S/C10H15BrN2O2S/c1-10(2,12)5-13-9(14)7-4-6(15-3)8(11)16-7/h4H,5,12H2,1-3H3,(H,13,14). The lowest BCUT2D eigenvalue weighted by Gasteiger charge is -2.18. The predicted molar refractivity (Wildman–Crippen MR) is 69.2 cm³/mol. The number of nitrogens with two attached hydrogens (primary N) is 1. The number of rotatable bonds is 4. The van der Waals surface area contributed by atoms with Gasteiger partial charge in [-0.1, -0.05) is 0 Å². The molecule has 1 rings (SSSR count). The van der Waals surface area contributed by atoms with Gasteiger partial charge in [0, 0.05) is 18.2 Å². The molecule has 16 heavy (non-hydrogen) atoms. The van der Waals surface area contributed by atoms with Gasteiger partial charge in [0.05, 0.1) is 12.0 Å². The van der Waals surface area contributed by atoms with E-state index < -0.39 is 5.54 Å². The van der Waals surface area contributed by atoms with E-state index in [-0.39, 0.29) is 5.91 Å². The van der Waals surface area contributed by atoms with Crippen LogP contribution in [0.25, 0.3) is 0 Å². The van der Waals surface area contributed by atoms with Crippen LogP contribution in [0.4, 0.5) is 0 Å². The van der Waals surface area contributed by atoms with Crippen LogP contribution in [0.2, 0.25) is 0 Å². The zero-order valence-corrected chi connectivity index (χ0v) is 11.9. The number of carbonyl (C=O) groups is 1. The Morgan fingerprint density at radius 3 is 2.75 bits per heavy atom. The van der Waals surface area contributed by atoms with E-state index in [0.29, 0.717) is 17.2 Å². The molecule has 0 unspecified atom stereocenters. The molecular formula is C10H15BrN2O2S. The molecule has 4 nitrogen and oxygen atoms in total. The fraction of sp³-hybridized carbons (Fsp3) is 0.500. The highest BCUT2D eigenvalue weighted by Crippen LogP contribution is 2.34. The highest BCUT2D eigenvalue weighted by atomic mass is 79.9. The summed E-state index contributed by atoms with van der Waals surface area (Å²) in [5.74, 6) is 0.537. The Balaban J connectivity index is 2.66. The molecule has 1 aromatic heterocycles. The average molecular weight is 307 g/mol. The quantitative estimate of drug-likeness (QED) is 0.894. The van der Waals surface area contributed by atoms with E-state index in [1.54, 1.807) is 13.2 Å². The molecule has 0 radical (unpaired) electrons. The Kier molecular flexibility index (Phi) is 4.35. The van der Waals surface area contributed by atoms with Gasteiger partial charge < -0.3 is 15.8 Å². The number of ether oxygens (including phenoxy) is 1. The Labute approximate surface area is 107 Å².